The maximum Gasteiger partial charge on any atom is 0.255 e. The molecule has 0 aromatic carbocycles. The Labute approximate surface area is 123 Å². The molecule has 3 rings (SSSR count). The van der Waals surface area contributed by atoms with E-state index in [0.29, 0.717) is 25.1 Å². The standard InChI is InChI=1S/C15H21N3O3/c1-9(2)17-14(19)12-5-11-7-18(8-13(12)21-11)15(20)10-3-4-16-6-10/h3-4,6,9,11-13,16H,5,7-8H2,1-2H3,(H,17,19). The molecule has 1 aromatic rings. The van der Waals surface area contributed by atoms with Gasteiger partial charge in [0.2, 0.25) is 5.91 Å². The fourth-order valence-electron chi connectivity index (χ4n) is 3.13. The number of rotatable bonds is 3. The molecule has 114 valence electrons. The number of aromatic amines is 1. The lowest BCUT2D eigenvalue weighted by molar-refractivity contribution is -0.128. The fourth-order valence-corrected chi connectivity index (χ4v) is 3.13. The molecular weight excluding hydrogens is 270 g/mol. The van der Waals surface area contributed by atoms with Gasteiger partial charge in [-0.25, -0.2) is 0 Å². The number of ether oxygens (including phenoxy) is 1. The lowest BCUT2D eigenvalue weighted by Crippen LogP contribution is -2.48. The first-order chi connectivity index (χ1) is 10.0. The average molecular weight is 291 g/mol. The molecule has 0 saturated carbocycles. The minimum Gasteiger partial charge on any atom is -0.370 e. The predicted molar refractivity (Wildman–Crippen MR) is 76.7 cm³/mol. The number of nitrogens with zero attached hydrogens (tertiary/aromatic N) is 1. The molecular formula is C15H21N3O3. The first-order valence-electron chi connectivity index (χ1n) is 7.42. The van der Waals surface area contributed by atoms with Crippen LogP contribution in [0.15, 0.2) is 18.5 Å². The Balaban J connectivity index is 1.67. The molecule has 2 bridgehead atoms. The minimum atomic E-state index is -0.189. The third kappa shape index (κ3) is 2.81. The van der Waals surface area contributed by atoms with Crippen LogP contribution >= 0.6 is 0 Å². The van der Waals surface area contributed by atoms with Gasteiger partial charge in [-0.2, -0.15) is 0 Å². The number of aromatic nitrogens is 1. The molecule has 1 aromatic heterocycles. The number of hydrogen-bond donors (Lipinski definition) is 2. The second-order valence-electron chi connectivity index (χ2n) is 6.11. The van der Waals surface area contributed by atoms with Gasteiger partial charge in [0.15, 0.2) is 0 Å². The number of carbonyl (C=O) groups is 2. The monoisotopic (exact) mass is 291 g/mol. The lowest BCUT2D eigenvalue weighted by Gasteiger charge is -2.32. The third-order valence-corrected chi connectivity index (χ3v) is 4.06. The normalized spacial score (nSPS) is 28.0. The number of hydrogen-bond acceptors (Lipinski definition) is 3. The number of morpholine rings is 1. The highest BCUT2D eigenvalue weighted by atomic mass is 16.5. The molecule has 2 N–H and O–H groups in total. The maximum atomic E-state index is 12.4. The summed E-state index contributed by atoms with van der Waals surface area (Å²) in [7, 11) is 0. The zero-order valence-corrected chi connectivity index (χ0v) is 12.3. The lowest BCUT2D eigenvalue weighted by atomic mass is 9.99. The number of fused-ring (bicyclic) bond motifs is 2. The smallest absolute Gasteiger partial charge is 0.255 e. The van der Waals surface area contributed by atoms with Gasteiger partial charge < -0.3 is 19.9 Å². The second-order valence-corrected chi connectivity index (χ2v) is 6.11. The van der Waals surface area contributed by atoms with E-state index in [0.717, 1.165) is 0 Å². The summed E-state index contributed by atoms with van der Waals surface area (Å²) in [5.41, 5.74) is 0.652. The van der Waals surface area contributed by atoms with Crippen LogP contribution in [0.2, 0.25) is 0 Å². The van der Waals surface area contributed by atoms with E-state index < -0.39 is 0 Å². The average Bonchev–Trinajstić information content (AvgIpc) is 3.05. The SMILES string of the molecule is CC(C)NC(=O)C1CC2CN(C(=O)c3cc[nH]c3)CC1O2. The van der Waals surface area contributed by atoms with Crippen LogP contribution in [0.25, 0.3) is 0 Å². The van der Waals surface area contributed by atoms with Crippen molar-refractivity contribution in [1.29, 1.82) is 0 Å². The van der Waals surface area contributed by atoms with Crippen LogP contribution < -0.4 is 5.32 Å². The predicted octanol–water partition coefficient (Wildman–Crippen LogP) is 0.769. The highest BCUT2D eigenvalue weighted by Gasteiger charge is 2.45. The molecule has 3 heterocycles. The molecule has 2 saturated heterocycles. The Hall–Kier alpha value is -1.82. The number of nitrogens with one attached hydrogen (secondary N) is 2. The van der Waals surface area contributed by atoms with Gasteiger partial charge in [-0.15, -0.1) is 0 Å². The summed E-state index contributed by atoms with van der Waals surface area (Å²) in [6.45, 7) is 4.94. The molecule has 2 amide bonds. The molecule has 0 radical (unpaired) electrons. The summed E-state index contributed by atoms with van der Waals surface area (Å²) in [5, 5.41) is 2.94. The van der Waals surface area contributed by atoms with Gasteiger partial charge in [0.1, 0.15) is 0 Å². The number of likely N-dealkylation sites (tertiary alicyclic amines) is 1. The zero-order valence-electron chi connectivity index (χ0n) is 12.3. The number of carbonyl (C=O) groups excluding carboxylic acids is 2. The van der Waals surface area contributed by atoms with Gasteiger partial charge in [0.05, 0.1) is 23.7 Å². The fraction of sp³-hybridized carbons (Fsp3) is 0.600. The van der Waals surface area contributed by atoms with Crippen LogP contribution in [0, 0.1) is 5.92 Å². The van der Waals surface area contributed by atoms with Crippen molar-refractivity contribution in [2.75, 3.05) is 13.1 Å². The Morgan fingerprint density at radius 2 is 2.24 bits per heavy atom. The van der Waals surface area contributed by atoms with Crippen LogP contribution in [0.5, 0.6) is 0 Å². The molecule has 2 aliphatic rings. The third-order valence-electron chi connectivity index (χ3n) is 4.06. The molecule has 3 unspecified atom stereocenters. The molecule has 0 spiro atoms. The summed E-state index contributed by atoms with van der Waals surface area (Å²) in [4.78, 5) is 29.3. The topological polar surface area (TPSA) is 74.4 Å². The van der Waals surface area contributed by atoms with Crippen LogP contribution in [0.3, 0.4) is 0 Å². The molecule has 2 fully saturated rings. The van der Waals surface area contributed by atoms with E-state index in [1.807, 2.05) is 13.8 Å². The van der Waals surface area contributed by atoms with Crippen LogP contribution in [-0.2, 0) is 9.53 Å². The molecule has 2 aliphatic heterocycles. The molecule has 6 heteroatoms. The second kappa shape index (κ2) is 5.52. The van der Waals surface area contributed by atoms with Gasteiger partial charge >= 0.3 is 0 Å². The van der Waals surface area contributed by atoms with Crippen LogP contribution in [0.4, 0.5) is 0 Å². The highest BCUT2D eigenvalue weighted by molar-refractivity contribution is 5.94. The van der Waals surface area contributed by atoms with Crippen molar-refractivity contribution in [3.05, 3.63) is 24.0 Å². The van der Waals surface area contributed by atoms with Gasteiger partial charge in [-0.1, -0.05) is 0 Å². The van der Waals surface area contributed by atoms with Gasteiger partial charge in [-0.05, 0) is 26.3 Å². The first kappa shape index (κ1) is 14.1. The van der Waals surface area contributed by atoms with Gasteiger partial charge in [0.25, 0.3) is 5.91 Å². The Morgan fingerprint density at radius 1 is 1.43 bits per heavy atom. The van der Waals surface area contributed by atoms with Crippen molar-refractivity contribution < 1.29 is 14.3 Å². The molecule has 3 atom stereocenters. The van der Waals surface area contributed by atoms with Gasteiger partial charge in [0, 0.05) is 31.5 Å². The zero-order chi connectivity index (χ0) is 15.0. The Morgan fingerprint density at radius 3 is 2.90 bits per heavy atom. The molecule has 21 heavy (non-hydrogen) atoms. The Bertz CT molecular complexity index is 526. The number of H-pyrrole nitrogens is 1. The summed E-state index contributed by atoms with van der Waals surface area (Å²) in [6, 6.07) is 1.89. The van der Waals surface area contributed by atoms with Crippen LogP contribution in [-0.4, -0.2) is 53.0 Å². The summed E-state index contributed by atoms with van der Waals surface area (Å²) < 4.78 is 5.85. The Kier molecular flexibility index (Phi) is 3.71. The summed E-state index contributed by atoms with van der Waals surface area (Å²) in [6.07, 6.45) is 3.91. The van der Waals surface area contributed by atoms with E-state index >= 15 is 0 Å². The van der Waals surface area contributed by atoms with Crippen molar-refractivity contribution in [3.8, 4) is 0 Å². The van der Waals surface area contributed by atoms with Gasteiger partial charge in [-0.3, -0.25) is 9.59 Å². The summed E-state index contributed by atoms with van der Waals surface area (Å²) >= 11 is 0. The van der Waals surface area contributed by atoms with E-state index in [1.54, 1.807) is 23.4 Å². The quantitative estimate of drug-likeness (QED) is 0.864. The van der Waals surface area contributed by atoms with E-state index in [-0.39, 0.29) is 36.0 Å². The van der Waals surface area contributed by atoms with Crippen molar-refractivity contribution in [2.45, 2.75) is 38.5 Å². The largest absolute Gasteiger partial charge is 0.370 e. The summed E-state index contributed by atoms with van der Waals surface area (Å²) in [5.74, 6) is -0.116. The maximum absolute atomic E-state index is 12.4. The van der Waals surface area contributed by atoms with Crippen molar-refractivity contribution in [3.63, 3.8) is 0 Å². The van der Waals surface area contributed by atoms with E-state index in [4.69, 9.17) is 4.74 Å². The van der Waals surface area contributed by atoms with Crippen molar-refractivity contribution >= 4 is 11.8 Å². The van der Waals surface area contributed by atoms with E-state index in [9.17, 15) is 9.59 Å². The van der Waals surface area contributed by atoms with Crippen LogP contribution in [0.1, 0.15) is 30.6 Å². The minimum absolute atomic E-state index is 0.000493. The van der Waals surface area contributed by atoms with E-state index in [2.05, 4.69) is 10.3 Å². The molecule has 6 nitrogen and oxygen atoms in total. The first-order valence-corrected chi connectivity index (χ1v) is 7.42. The van der Waals surface area contributed by atoms with Crippen molar-refractivity contribution in [1.82, 2.24) is 15.2 Å². The number of amides is 2. The molecule has 0 aliphatic carbocycles. The highest BCUT2D eigenvalue weighted by Crippen LogP contribution is 2.32. The van der Waals surface area contributed by atoms with E-state index in [1.165, 1.54) is 0 Å². The van der Waals surface area contributed by atoms with Crippen molar-refractivity contribution in [2.24, 2.45) is 5.92 Å².